The second-order valence-electron chi connectivity index (χ2n) is 4.79. The molecule has 3 N–H and O–H groups in total. The maximum absolute atomic E-state index is 11.8. The number of benzene rings is 1. The van der Waals surface area contributed by atoms with Crippen molar-refractivity contribution < 1.29 is 4.79 Å². The number of hydrogen-bond donors (Lipinski definition) is 2. The lowest BCUT2D eigenvalue weighted by atomic mass is 10.1. The molecule has 1 rings (SSSR count). The first kappa shape index (κ1) is 22.5. The van der Waals surface area contributed by atoms with Crippen molar-refractivity contribution in [1.29, 1.82) is 0 Å². The lowest BCUT2D eigenvalue weighted by Crippen LogP contribution is -2.26. The first-order valence-electron chi connectivity index (χ1n) is 6.92. The zero-order valence-corrected chi connectivity index (χ0v) is 14.6. The summed E-state index contributed by atoms with van der Waals surface area (Å²) in [6, 6.07) is 7.99. The molecule has 21 heavy (non-hydrogen) atoms. The van der Waals surface area contributed by atoms with Gasteiger partial charge in [0.2, 0.25) is 5.91 Å². The highest BCUT2D eigenvalue weighted by molar-refractivity contribution is 5.92. The Kier molecular flexibility index (Phi) is 12.6. The van der Waals surface area contributed by atoms with E-state index in [1.165, 1.54) is 5.56 Å². The number of amides is 1. The molecule has 4 nitrogen and oxygen atoms in total. The highest BCUT2D eigenvalue weighted by atomic mass is 35.5. The number of nitrogens with one attached hydrogen (secondary N) is 1. The van der Waals surface area contributed by atoms with Crippen LogP contribution in [-0.2, 0) is 11.3 Å². The van der Waals surface area contributed by atoms with Gasteiger partial charge in [-0.05, 0) is 30.8 Å². The van der Waals surface area contributed by atoms with E-state index in [2.05, 4.69) is 30.1 Å². The molecule has 1 aromatic rings. The molecule has 0 heterocycles. The van der Waals surface area contributed by atoms with E-state index in [-0.39, 0.29) is 36.6 Å². The Morgan fingerprint density at radius 3 is 2.43 bits per heavy atom. The van der Waals surface area contributed by atoms with Crippen molar-refractivity contribution in [3.05, 3.63) is 29.8 Å². The minimum atomic E-state index is -0.161. The minimum absolute atomic E-state index is 0. The summed E-state index contributed by atoms with van der Waals surface area (Å²) >= 11 is 0. The van der Waals surface area contributed by atoms with Crippen LogP contribution in [0.1, 0.15) is 26.3 Å². The highest BCUT2D eigenvalue weighted by Gasteiger charge is 2.11. The first-order valence-corrected chi connectivity index (χ1v) is 6.92. The molecule has 0 aromatic heterocycles. The highest BCUT2D eigenvalue weighted by Crippen LogP contribution is 2.13. The minimum Gasteiger partial charge on any atom is -0.330 e. The molecule has 1 unspecified atom stereocenters. The van der Waals surface area contributed by atoms with Crippen molar-refractivity contribution >= 4 is 36.4 Å². The molecule has 1 aromatic carbocycles. The number of hydrogen-bond acceptors (Lipinski definition) is 3. The Labute approximate surface area is 140 Å². The van der Waals surface area contributed by atoms with E-state index in [4.69, 9.17) is 5.73 Å². The van der Waals surface area contributed by atoms with Crippen molar-refractivity contribution in [2.45, 2.75) is 27.3 Å². The maximum atomic E-state index is 11.8. The fraction of sp³-hybridized carbons (Fsp3) is 0.533. The smallest absolute Gasteiger partial charge is 0.228 e. The molecule has 0 saturated carbocycles. The van der Waals surface area contributed by atoms with Gasteiger partial charge in [0.25, 0.3) is 0 Å². The van der Waals surface area contributed by atoms with Crippen molar-refractivity contribution in [2.24, 2.45) is 11.7 Å². The Morgan fingerprint density at radius 2 is 1.90 bits per heavy atom. The molecular weight excluding hydrogens is 309 g/mol. The van der Waals surface area contributed by atoms with Gasteiger partial charge in [-0.25, -0.2) is 0 Å². The van der Waals surface area contributed by atoms with Gasteiger partial charge in [-0.2, -0.15) is 0 Å². The van der Waals surface area contributed by atoms with Crippen molar-refractivity contribution in [1.82, 2.24) is 4.90 Å². The summed E-state index contributed by atoms with van der Waals surface area (Å²) in [6.07, 6.45) is 0. The summed E-state index contributed by atoms with van der Waals surface area (Å²) in [5.41, 5.74) is 7.54. The molecule has 0 radical (unpaired) electrons. The zero-order chi connectivity index (χ0) is 14.3. The Bertz CT molecular complexity index is 412. The molecule has 0 aliphatic heterocycles. The number of carbonyl (C=O) groups is 1. The van der Waals surface area contributed by atoms with Crippen LogP contribution in [-0.4, -0.2) is 30.4 Å². The first-order chi connectivity index (χ1) is 9.10. The van der Waals surface area contributed by atoms with Gasteiger partial charge < -0.3 is 11.1 Å². The third kappa shape index (κ3) is 7.67. The number of rotatable bonds is 7. The Hall–Kier alpha value is -0.810. The quantitative estimate of drug-likeness (QED) is 0.805. The summed E-state index contributed by atoms with van der Waals surface area (Å²) < 4.78 is 0. The summed E-state index contributed by atoms with van der Waals surface area (Å²) in [4.78, 5) is 14.1. The average Bonchev–Trinajstić information content (AvgIpc) is 2.44. The molecule has 0 bridgehead atoms. The van der Waals surface area contributed by atoms with E-state index >= 15 is 0 Å². The average molecular weight is 336 g/mol. The standard InChI is InChI=1S/C15H25N3O.2ClH/c1-4-18(5-2)11-13-7-6-8-14(9-13)17-15(19)12(3)10-16;;/h6-9,12H,4-5,10-11,16H2,1-3H3,(H,17,19);2*1H. The van der Waals surface area contributed by atoms with E-state index in [1.807, 2.05) is 25.1 Å². The fourth-order valence-electron chi connectivity index (χ4n) is 1.83. The molecular formula is C15H27Cl2N3O. The van der Waals surface area contributed by atoms with Crippen LogP contribution in [0.4, 0.5) is 5.69 Å². The Balaban J connectivity index is 0. The monoisotopic (exact) mass is 335 g/mol. The van der Waals surface area contributed by atoms with Gasteiger partial charge in [-0.1, -0.05) is 32.9 Å². The van der Waals surface area contributed by atoms with E-state index < -0.39 is 0 Å². The van der Waals surface area contributed by atoms with Crippen LogP contribution in [0.2, 0.25) is 0 Å². The van der Waals surface area contributed by atoms with Crippen LogP contribution in [0.5, 0.6) is 0 Å². The summed E-state index contributed by atoms with van der Waals surface area (Å²) in [5, 5.41) is 2.90. The predicted molar refractivity (Wildman–Crippen MR) is 94.4 cm³/mol. The van der Waals surface area contributed by atoms with E-state index in [1.54, 1.807) is 0 Å². The normalized spacial score (nSPS) is 11.3. The van der Waals surface area contributed by atoms with Crippen LogP contribution < -0.4 is 11.1 Å². The molecule has 1 atom stereocenters. The van der Waals surface area contributed by atoms with Crippen LogP contribution in [0.15, 0.2) is 24.3 Å². The van der Waals surface area contributed by atoms with Gasteiger partial charge in [0.1, 0.15) is 0 Å². The number of nitrogens with zero attached hydrogens (tertiary/aromatic N) is 1. The van der Waals surface area contributed by atoms with Gasteiger partial charge in [-0.15, -0.1) is 24.8 Å². The van der Waals surface area contributed by atoms with E-state index in [9.17, 15) is 4.79 Å². The second-order valence-corrected chi connectivity index (χ2v) is 4.79. The van der Waals surface area contributed by atoms with Gasteiger partial charge in [0, 0.05) is 24.7 Å². The van der Waals surface area contributed by atoms with Crippen LogP contribution in [0, 0.1) is 5.92 Å². The lowest BCUT2D eigenvalue weighted by Gasteiger charge is -2.18. The van der Waals surface area contributed by atoms with Crippen molar-refractivity contribution in [3.8, 4) is 0 Å². The maximum Gasteiger partial charge on any atom is 0.228 e. The number of anilines is 1. The molecule has 6 heteroatoms. The summed E-state index contributed by atoms with van der Waals surface area (Å²) in [5.74, 6) is -0.186. The predicted octanol–water partition coefficient (Wildman–Crippen LogP) is 2.91. The van der Waals surface area contributed by atoms with Crippen molar-refractivity contribution in [2.75, 3.05) is 25.0 Å². The fourth-order valence-corrected chi connectivity index (χ4v) is 1.83. The third-order valence-electron chi connectivity index (χ3n) is 3.30. The van der Waals surface area contributed by atoms with Crippen molar-refractivity contribution in [3.63, 3.8) is 0 Å². The Morgan fingerprint density at radius 1 is 1.29 bits per heavy atom. The molecule has 0 aliphatic carbocycles. The van der Waals surface area contributed by atoms with Gasteiger partial charge in [0.15, 0.2) is 0 Å². The number of nitrogens with two attached hydrogens (primary N) is 1. The lowest BCUT2D eigenvalue weighted by molar-refractivity contribution is -0.119. The number of halogens is 2. The summed E-state index contributed by atoms with van der Waals surface area (Å²) in [6.45, 7) is 9.45. The molecule has 0 spiro atoms. The molecule has 0 saturated heterocycles. The van der Waals surface area contributed by atoms with Crippen LogP contribution in [0.25, 0.3) is 0 Å². The summed E-state index contributed by atoms with van der Waals surface area (Å²) in [7, 11) is 0. The SMILES string of the molecule is CCN(CC)Cc1cccc(NC(=O)C(C)CN)c1.Cl.Cl. The van der Waals surface area contributed by atoms with E-state index in [0.29, 0.717) is 6.54 Å². The van der Waals surface area contributed by atoms with Gasteiger partial charge in [0.05, 0.1) is 0 Å². The zero-order valence-electron chi connectivity index (χ0n) is 13.0. The molecule has 0 fully saturated rings. The molecule has 0 aliphatic rings. The third-order valence-corrected chi connectivity index (χ3v) is 3.30. The topological polar surface area (TPSA) is 58.4 Å². The van der Waals surface area contributed by atoms with Crippen LogP contribution in [0.3, 0.4) is 0 Å². The largest absolute Gasteiger partial charge is 0.330 e. The molecule has 122 valence electrons. The van der Waals surface area contributed by atoms with Gasteiger partial charge in [-0.3, -0.25) is 9.69 Å². The second kappa shape index (κ2) is 11.8. The van der Waals surface area contributed by atoms with Gasteiger partial charge >= 0.3 is 0 Å². The molecule has 1 amide bonds. The van der Waals surface area contributed by atoms with E-state index in [0.717, 1.165) is 25.3 Å². The van der Waals surface area contributed by atoms with Crippen LogP contribution >= 0.6 is 24.8 Å². The number of carbonyl (C=O) groups excluding carboxylic acids is 1.